The molecule has 3 heterocycles. The third-order valence-corrected chi connectivity index (χ3v) is 12.4. The normalized spacial score (nSPS) is 22.1. The predicted molar refractivity (Wildman–Crippen MR) is 218 cm³/mol. The standard InChI is InChI=1S/C38H60N8O13S/c1-57-36(53)25-46(33(48)5-3-2-4-31-37-30(26-60-31)40-38(54)41-37)22-32(47)39-28-8-6-27(7-9-28)20-29-21-44(23-34(49)50)13-12-42(16-18-58-55)10-11-43(17-19-59-56)14-15-45(29)24-35(51)52/h6-9,29-31,37,55-56H,2-5,10-26H2,1H3,(H,39,47)(H,49,50)(H,51,52)(H2,40,41,54). The lowest BCUT2D eigenvalue weighted by molar-refractivity contribution is -0.245. The molecule has 0 spiro atoms. The van der Waals surface area contributed by atoms with Crippen LogP contribution in [-0.2, 0) is 44.9 Å². The maximum atomic E-state index is 13.2. The molecule has 0 bridgehead atoms. The van der Waals surface area contributed by atoms with Crippen molar-refractivity contribution < 1.29 is 64.0 Å². The van der Waals surface area contributed by atoms with Gasteiger partial charge in [0, 0.05) is 88.1 Å². The molecular formula is C38H60N8O13S. The average molecular weight is 869 g/mol. The van der Waals surface area contributed by atoms with Crippen molar-refractivity contribution >= 4 is 53.2 Å². The number of unbranched alkanes of at least 4 members (excludes halogenated alkanes) is 1. The first-order valence-electron chi connectivity index (χ1n) is 20.2. The number of esters is 1. The number of aliphatic carboxylic acids is 2. The van der Waals surface area contributed by atoms with Crippen LogP contribution < -0.4 is 16.0 Å². The lowest BCUT2D eigenvalue weighted by atomic mass is 10.0. The second-order valence-corrected chi connectivity index (χ2v) is 16.4. The highest BCUT2D eigenvalue weighted by Gasteiger charge is 2.42. The van der Waals surface area contributed by atoms with Gasteiger partial charge in [-0.15, -0.1) is 0 Å². The fourth-order valence-electron chi connectivity index (χ4n) is 7.69. The van der Waals surface area contributed by atoms with Crippen LogP contribution in [0.4, 0.5) is 10.5 Å². The van der Waals surface area contributed by atoms with E-state index in [9.17, 15) is 39.0 Å². The Kier molecular flexibility index (Phi) is 20.7. The van der Waals surface area contributed by atoms with Gasteiger partial charge in [-0.25, -0.2) is 14.6 Å². The van der Waals surface area contributed by atoms with Crippen LogP contribution in [0.25, 0.3) is 0 Å². The third-order valence-electron chi connectivity index (χ3n) is 10.9. The Morgan fingerprint density at radius 3 is 2.10 bits per heavy atom. The van der Waals surface area contributed by atoms with Gasteiger partial charge in [0.15, 0.2) is 0 Å². The number of carboxylic acids is 2. The maximum Gasteiger partial charge on any atom is 0.325 e. The molecule has 21 nitrogen and oxygen atoms in total. The molecule has 1 aromatic carbocycles. The molecule has 4 rings (SSSR count). The Balaban J connectivity index is 1.40. The summed E-state index contributed by atoms with van der Waals surface area (Å²) in [6, 6.07) is 6.49. The van der Waals surface area contributed by atoms with Gasteiger partial charge in [0.05, 0.1) is 45.5 Å². The molecule has 336 valence electrons. The van der Waals surface area contributed by atoms with Gasteiger partial charge in [0.2, 0.25) is 11.8 Å². The number of nitrogens with zero attached hydrogens (tertiary/aromatic N) is 5. The number of carbonyl (C=O) groups excluding carboxylic acids is 4. The molecule has 3 aliphatic rings. The van der Waals surface area contributed by atoms with Crippen molar-refractivity contribution in [2.24, 2.45) is 0 Å². The monoisotopic (exact) mass is 868 g/mol. The number of urea groups is 1. The minimum Gasteiger partial charge on any atom is -0.480 e. The molecule has 4 unspecified atom stereocenters. The van der Waals surface area contributed by atoms with E-state index in [1.165, 1.54) is 7.11 Å². The number of ether oxygens (including phenoxy) is 1. The zero-order valence-corrected chi connectivity index (χ0v) is 34.9. The molecular weight excluding hydrogens is 809 g/mol. The van der Waals surface area contributed by atoms with E-state index < -0.39 is 36.4 Å². The average Bonchev–Trinajstić information content (AvgIpc) is 3.77. The van der Waals surface area contributed by atoms with Gasteiger partial charge in [-0.3, -0.25) is 54.1 Å². The fourth-order valence-corrected chi connectivity index (χ4v) is 9.23. The van der Waals surface area contributed by atoms with E-state index >= 15 is 0 Å². The number of fused-ring (bicyclic) bond motifs is 1. The van der Waals surface area contributed by atoms with Crippen molar-refractivity contribution in [2.45, 2.75) is 55.5 Å². The number of nitrogens with one attached hydrogen (secondary N) is 3. The lowest BCUT2D eigenvalue weighted by Gasteiger charge is -2.38. The number of carbonyl (C=O) groups is 6. The summed E-state index contributed by atoms with van der Waals surface area (Å²) in [7, 11) is 1.20. The van der Waals surface area contributed by atoms with Crippen LogP contribution >= 0.6 is 11.8 Å². The van der Waals surface area contributed by atoms with E-state index in [0.717, 1.165) is 29.1 Å². The molecule has 1 aromatic rings. The first kappa shape index (κ1) is 48.5. The summed E-state index contributed by atoms with van der Waals surface area (Å²) >= 11 is 1.79. The molecule has 4 atom stereocenters. The number of amides is 4. The van der Waals surface area contributed by atoms with Gasteiger partial charge in [0.25, 0.3) is 0 Å². The van der Waals surface area contributed by atoms with Crippen LogP contribution in [-0.4, -0.2) is 216 Å². The van der Waals surface area contributed by atoms with E-state index in [1.807, 2.05) is 9.80 Å². The molecule has 3 aliphatic heterocycles. The largest absolute Gasteiger partial charge is 0.480 e. The highest BCUT2D eigenvalue weighted by molar-refractivity contribution is 8.00. The number of anilines is 1. The molecule has 4 amide bonds. The summed E-state index contributed by atoms with van der Waals surface area (Å²) in [4.78, 5) is 91.8. The summed E-state index contributed by atoms with van der Waals surface area (Å²) in [5.74, 6) is -2.79. The molecule has 22 heteroatoms. The number of carboxylic acid groups (broad SMARTS) is 2. The van der Waals surface area contributed by atoms with Gasteiger partial charge in [0.1, 0.15) is 13.1 Å². The smallest absolute Gasteiger partial charge is 0.325 e. The van der Waals surface area contributed by atoms with Gasteiger partial charge in [-0.1, -0.05) is 18.6 Å². The number of methoxy groups -OCH3 is 1. The van der Waals surface area contributed by atoms with E-state index in [-0.39, 0.29) is 75.1 Å². The van der Waals surface area contributed by atoms with E-state index in [4.69, 9.17) is 15.3 Å². The Bertz CT molecular complexity index is 1560. The molecule has 0 radical (unpaired) electrons. The third kappa shape index (κ3) is 16.7. The minimum atomic E-state index is -1.05. The van der Waals surface area contributed by atoms with Gasteiger partial charge < -0.3 is 35.8 Å². The highest BCUT2D eigenvalue weighted by Crippen LogP contribution is 2.33. The fraction of sp³-hybridized carbons (Fsp3) is 0.684. The topological polar surface area (TPSA) is 263 Å². The Hall–Kier alpha value is -4.13. The number of thioether (sulfide) groups is 1. The summed E-state index contributed by atoms with van der Waals surface area (Å²) in [5.41, 5.74) is 1.22. The van der Waals surface area contributed by atoms with Crippen LogP contribution in [0.2, 0.25) is 0 Å². The van der Waals surface area contributed by atoms with Crippen molar-refractivity contribution in [3.8, 4) is 0 Å². The second kappa shape index (κ2) is 25.6. The predicted octanol–water partition coefficient (Wildman–Crippen LogP) is -0.366. The Morgan fingerprint density at radius 2 is 1.48 bits per heavy atom. The van der Waals surface area contributed by atoms with Crippen molar-refractivity contribution in [1.82, 2.24) is 35.1 Å². The quantitative estimate of drug-likeness (QED) is 0.0258. The zero-order chi connectivity index (χ0) is 43.4. The number of hydrogen-bond acceptors (Lipinski definition) is 16. The molecule has 0 aromatic heterocycles. The number of rotatable bonds is 22. The van der Waals surface area contributed by atoms with Gasteiger partial charge in [-0.2, -0.15) is 11.8 Å². The number of benzene rings is 1. The van der Waals surface area contributed by atoms with Crippen LogP contribution in [0.3, 0.4) is 0 Å². The van der Waals surface area contributed by atoms with Crippen molar-refractivity contribution in [3.63, 3.8) is 0 Å². The second-order valence-electron chi connectivity index (χ2n) is 15.1. The zero-order valence-electron chi connectivity index (χ0n) is 34.1. The first-order chi connectivity index (χ1) is 28.9. The highest BCUT2D eigenvalue weighted by atomic mass is 32.2. The molecule has 3 fully saturated rings. The van der Waals surface area contributed by atoms with Crippen molar-refractivity contribution in [1.29, 1.82) is 0 Å². The van der Waals surface area contributed by atoms with Crippen molar-refractivity contribution in [3.05, 3.63) is 29.8 Å². The van der Waals surface area contributed by atoms with Crippen LogP contribution in [0.15, 0.2) is 24.3 Å². The van der Waals surface area contributed by atoms with Crippen LogP contribution in [0.1, 0.15) is 31.2 Å². The molecule has 7 N–H and O–H groups in total. The van der Waals surface area contributed by atoms with Crippen LogP contribution in [0.5, 0.6) is 0 Å². The molecule has 0 saturated carbocycles. The summed E-state index contributed by atoms with van der Waals surface area (Å²) < 4.78 is 4.77. The van der Waals surface area contributed by atoms with Gasteiger partial charge >= 0.3 is 23.9 Å². The van der Waals surface area contributed by atoms with E-state index in [0.29, 0.717) is 70.9 Å². The minimum absolute atomic E-state index is 0.0412. The SMILES string of the molecule is COC(=O)CN(CC(=O)Nc1ccc(CC2CN(CC(=O)O)CCN(CCOO)CCN(CCOO)CCN2CC(=O)O)cc1)C(=O)CCCCC1SCC2NC(=O)NC21. The van der Waals surface area contributed by atoms with Crippen LogP contribution in [0, 0.1) is 0 Å². The maximum absolute atomic E-state index is 13.2. The summed E-state index contributed by atoms with van der Waals surface area (Å²) in [6.07, 6.45) is 2.56. The molecule has 60 heavy (non-hydrogen) atoms. The summed E-state index contributed by atoms with van der Waals surface area (Å²) in [5, 5.41) is 46.6. The Labute approximate surface area is 353 Å². The number of hydrogen-bond donors (Lipinski definition) is 7. The van der Waals surface area contributed by atoms with E-state index in [1.54, 1.807) is 45.8 Å². The van der Waals surface area contributed by atoms with E-state index in [2.05, 4.69) is 25.7 Å². The molecule has 0 aliphatic carbocycles. The summed E-state index contributed by atoms with van der Waals surface area (Å²) in [6.45, 7) is 2.34. The lowest BCUT2D eigenvalue weighted by Crippen LogP contribution is -2.53. The Morgan fingerprint density at radius 1 is 0.850 bits per heavy atom. The van der Waals surface area contributed by atoms with Gasteiger partial charge in [-0.05, 0) is 37.0 Å². The first-order valence-corrected chi connectivity index (χ1v) is 21.2. The van der Waals surface area contributed by atoms with Crippen molar-refractivity contribution in [2.75, 3.05) is 116 Å². The molecule has 3 saturated heterocycles.